The number of aromatic nitrogens is 2. The molecule has 0 aromatic carbocycles. The van der Waals surface area contributed by atoms with Gasteiger partial charge in [0.1, 0.15) is 0 Å². The van der Waals surface area contributed by atoms with Crippen molar-refractivity contribution in [3.8, 4) is 0 Å². The summed E-state index contributed by atoms with van der Waals surface area (Å²) in [6.45, 7) is 16.8. The molecule has 0 amide bonds. The van der Waals surface area contributed by atoms with Crippen molar-refractivity contribution >= 4 is 12.4 Å². The molecule has 0 radical (unpaired) electrons. The van der Waals surface area contributed by atoms with E-state index in [0.29, 0.717) is 0 Å². The normalized spacial score (nSPS) is 14.2. The summed E-state index contributed by atoms with van der Waals surface area (Å²) in [6, 6.07) is 0. The van der Waals surface area contributed by atoms with Crippen molar-refractivity contribution in [3.63, 3.8) is 0 Å². The Kier molecular flexibility index (Phi) is 10.1. The minimum absolute atomic E-state index is 0.170. The lowest BCUT2D eigenvalue weighted by Crippen LogP contribution is -2.11. The third kappa shape index (κ3) is 7.27. The molecule has 4 nitrogen and oxygen atoms in total. The fourth-order valence-electron chi connectivity index (χ4n) is 1.69. The standard InChI is InChI=1S/C14H19N3O.C4H6.C2H6/c1-11(18-4)5-6-12-9-15-13-10-16-14(2,3)7-8-17(12)13;1-3-4-2;1-2/h5,7-10H,6H2,1-4H3;3-4H,1-2H2;1-2H3/b11-5+;;. The predicted molar refractivity (Wildman–Crippen MR) is 105 cm³/mol. The summed E-state index contributed by atoms with van der Waals surface area (Å²) in [4.78, 5) is 8.86. The molecule has 4 heteroatoms. The van der Waals surface area contributed by atoms with E-state index in [-0.39, 0.29) is 5.54 Å². The first-order chi connectivity index (χ1) is 11.4. The number of allylic oxidation sites excluding steroid dienone is 4. The van der Waals surface area contributed by atoms with Gasteiger partial charge in [-0.3, -0.25) is 4.99 Å². The second kappa shape index (κ2) is 11.2. The van der Waals surface area contributed by atoms with Gasteiger partial charge in [-0.2, -0.15) is 0 Å². The monoisotopic (exact) mass is 329 g/mol. The van der Waals surface area contributed by atoms with Crippen molar-refractivity contribution in [2.75, 3.05) is 7.11 Å². The van der Waals surface area contributed by atoms with Crippen LogP contribution in [0.3, 0.4) is 0 Å². The molecule has 0 atom stereocenters. The Bertz CT molecular complexity index is 598. The van der Waals surface area contributed by atoms with Crippen molar-refractivity contribution in [3.05, 3.63) is 60.9 Å². The van der Waals surface area contributed by atoms with Gasteiger partial charge >= 0.3 is 0 Å². The summed E-state index contributed by atoms with van der Waals surface area (Å²) in [6.07, 6.45) is 14.0. The highest BCUT2D eigenvalue weighted by atomic mass is 16.5. The van der Waals surface area contributed by atoms with Gasteiger partial charge in [0.25, 0.3) is 0 Å². The van der Waals surface area contributed by atoms with Gasteiger partial charge in [0.05, 0.1) is 24.6 Å². The summed E-state index contributed by atoms with van der Waals surface area (Å²) in [7, 11) is 1.68. The van der Waals surface area contributed by atoms with Crippen LogP contribution in [0.4, 0.5) is 0 Å². The summed E-state index contributed by atoms with van der Waals surface area (Å²) in [5.41, 5.74) is 0.956. The highest BCUT2D eigenvalue weighted by Crippen LogP contribution is 2.17. The van der Waals surface area contributed by atoms with Crippen LogP contribution in [0.5, 0.6) is 0 Å². The Balaban J connectivity index is 0.000000773. The minimum Gasteiger partial charge on any atom is -0.502 e. The second-order valence-electron chi connectivity index (χ2n) is 5.40. The van der Waals surface area contributed by atoms with Gasteiger partial charge in [0.2, 0.25) is 0 Å². The number of hydrogen-bond acceptors (Lipinski definition) is 3. The molecule has 2 rings (SSSR count). The lowest BCUT2D eigenvalue weighted by molar-refractivity contribution is 0.292. The van der Waals surface area contributed by atoms with E-state index >= 15 is 0 Å². The van der Waals surface area contributed by atoms with Gasteiger partial charge in [-0.05, 0) is 32.9 Å². The first-order valence-corrected chi connectivity index (χ1v) is 8.18. The fraction of sp³-hybridized carbons (Fsp3) is 0.400. The van der Waals surface area contributed by atoms with Crippen LogP contribution in [-0.4, -0.2) is 28.4 Å². The minimum atomic E-state index is -0.170. The second-order valence-corrected chi connectivity index (χ2v) is 5.40. The molecule has 0 aliphatic carbocycles. The molecule has 0 spiro atoms. The SMILES string of the molecule is C=CC=C.CC.CO/C(C)=C/Cc1cnc2n1C=CC(C)(C)N=C2. The lowest BCUT2D eigenvalue weighted by atomic mass is 10.1. The average Bonchev–Trinajstić information content (AvgIpc) is 2.93. The van der Waals surface area contributed by atoms with Gasteiger partial charge in [-0.15, -0.1) is 0 Å². The molecular formula is C20H31N3O. The largest absolute Gasteiger partial charge is 0.502 e. The van der Waals surface area contributed by atoms with Gasteiger partial charge in [0.15, 0.2) is 5.82 Å². The van der Waals surface area contributed by atoms with E-state index in [4.69, 9.17) is 4.74 Å². The number of imidazole rings is 1. The first-order valence-electron chi connectivity index (χ1n) is 8.18. The fourth-order valence-corrected chi connectivity index (χ4v) is 1.69. The molecule has 132 valence electrons. The third-order valence-corrected chi connectivity index (χ3v) is 3.13. The van der Waals surface area contributed by atoms with Gasteiger partial charge in [0, 0.05) is 24.5 Å². The van der Waals surface area contributed by atoms with Crippen molar-refractivity contribution < 1.29 is 4.74 Å². The van der Waals surface area contributed by atoms with Crippen molar-refractivity contribution in [1.29, 1.82) is 0 Å². The maximum atomic E-state index is 5.14. The Morgan fingerprint density at radius 1 is 1.29 bits per heavy atom. The van der Waals surface area contributed by atoms with Gasteiger partial charge < -0.3 is 9.30 Å². The van der Waals surface area contributed by atoms with E-state index < -0.39 is 0 Å². The number of fused-ring (bicyclic) bond motifs is 1. The Morgan fingerprint density at radius 2 is 1.92 bits per heavy atom. The molecule has 2 heterocycles. The van der Waals surface area contributed by atoms with Crippen LogP contribution in [0.25, 0.3) is 6.20 Å². The van der Waals surface area contributed by atoms with Gasteiger partial charge in [-0.1, -0.05) is 39.2 Å². The molecule has 0 unspecified atom stereocenters. The topological polar surface area (TPSA) is 39.4 Å². The van der Waals surface area contributed by atoms with Crippen LogP contribution in [0.2, 0.25) is 0 Å². The molecule has 0 bridgehead atoms. The number of hydrogen-bond donors (Lipinski definition) is 0. The van der Waals surface area contributed by atoms with Crippen LogP contribution in [0, 0.1) is 0 Å². The average molecular weight is 329 g/mol. The molecule has 0 fully saturated rings. The Labute approximate surface area is 147 Å². The predicted octanol–water partition coefficient (Wildman–Crippen LogP) is 5.04. The highest BCUT2D eigenvalue weighted by Gasteiger charge is 2.15. The number of nitrogens with zero attached hydrogens (tertiary/aromatic N) is 3. The molecule has 1 aliphatic rings. The molecule has 1 aromatic heterocycles. The van der Waals surface area contributed by atoms with E-state index in [1.165, 1.54) is 0 Å². The Morgan fingerprint density at radius 3 is 2.46 bits per heavy atom. The number of aliphatic imine (C=N–C) groups is 1. The van der Waals surface area contributed by atoms with E-state index in [1.807, 2.05) is 45.5 Å². The first kappa shape index (κ1) is 21.6. The highest BCUT2D eigenvalue weighted by molar-refractivity contribution is 5.78. The molecule has 1 aliphatic heterocycles. The molecule has 0 N–H and O–H groups in total. The van der Waals surface area contributed by atoms with Crippen LogP contribution in [0.1, 0.15) is 46.1 Å². The van der Waals surface area contributed by atoms with Crippen LogP contribution >= 0.6 is 0 Å². The van der Waals surface area contributed by atoms with Crippen molar-refractivity contribution in [2.45, 2.75) is 46.6 Å². The van der Waals surface area contributed by atoms with Crippen molar-refractivity contribution in [2.24, 2.45) is 4.99 Å². The van der Waals surface area contributed by atoms with E-state index in [2.05, 4.69) is 47.6 Å². The molecule has 1 aromatic rings. The summed E-state index contributed by atoms with van der Waals surface area (Å²) in [5.74, 6) is 1.78. The van der Waals surface area contributed by atoms with E-state index in [0.717, 1.165) is 23.7 Å². The van der Waals surface area contributed by atoms with E-state index in [1.54, 1.807) is 19.3 Å². The molecule has 24 heavy (non-hydrogen) atoms. The maximum absolute atomic E-state index is 5.14. The number of ether oxygens (including phenoxy) is 1. The van der Waals surface area contributed by atoms with Crippen LogP contribution < -0.4 is 0 Å². The Hall–Kier alpha value is -2.36. The zero-order chi connectivity index (χ0) is 18.6. The molecular weight excluding hydrogens is 298 g/mol. The summed E-state index contributed by atoms with van der Waals surface area (Å²) in [5, 5.41) is 0. The quantitative estimate of drug-likeness (QED) is 0.573. The lowest BCUT2D eigenvalue weighted by Gasteiger charge is -2.11. The summed E-state index contributed by atoms with van der Waals surface area (Å²) < 4.78 is 7.20. The smallest absolute Gasteiger partial charge is 0.154 e. The zero-order valence-electron chi connectivity index (χ0n) is 15.9. The van der Waals surface area contributed by atoms with Crippen molar-refractivity contribution in [1.82, 2.24) is 9.55 Å². The molecule has 0 saturated carbocycles. The third-order valence-electron chi connectivity index (χ3n) is 3.13. The maximum Gasteiger partial charge on any atom is 0.154 e. The van der Waals surface area contributed by atoms with Gasteiger partial charge in [-0.25, -0.2) is 4.98 Å². The number of methoxy groups -OCH3 is 1. The summed E-state index contributed by atoms with van der Waals surface area (Å²) >= 11 is 0. The van der Waals surface area contributed by atoms with Crippen LogP contribution in [-0.2, 0) is 11.2 Å². The molecule has 0 saturated heterocycles. The van der Waals surface area contributed by atoms with Crippen LogP contribution in [0.15, 0.2) is 54.4 Å². The van der Waals surface area contributed by atoms with E-state index in [9.17, 15) is 0 Å². The zero-order valence-corrected chi connectivity index (χ0v) is 15.9. The number of rotatable bonds is 4.